The lowest BCUT2D eigenvalue weighted by Crippen LogP contribution is -2.19. The van der Waals surface area contributed by atoms with Gasteiger partial charge in [-0.1, -0.05) is 6.92 Å². The molecule has 2 N–H and O–H groups in total. The Morgan fingerprint density at radius 2 is 1.74 bits per heavy atom. The maximum Gasteiger partial charge on any atom is 0.308 e. The van der Waals surface area contributed by atoms with Crippen molar-refractivity contribution in [2.24, 2.45) is 5.92 Å². The van der Waals surface area contributed by atoms with Crippen LogP contribution in [0.15, 0.2) is 12.1 Å². The third-order valence-electron chi connectivity index (χ3n) is 2.70. The number of hydrogen-bond donors (Lipinski definition) is 2. The van der Waals surface area contributed by atoms with Crippen molar-refractivity contribution in [3.63, 3.8) is 0 Å². The minimum Gasteiger partial charge on any atom is -0.493 e. The molecule has 6 nitrogen and oxygen atoms in total. The Hall–Kier alpha value is -2.11. The van der Waals surface area contributed by atoms with Crippen molar-refractivity contribution >= 4 is 11.7 Å². The first-order chi connectivity index (χ1) is 9.03. The van der Waals surface area contributed by atoms with E-state index in [1.54, 1.807) is 19.1 Å². The standard InChI is InChI=1S/C13H19NO5/c1-8(13(15)16)7-14-9-5-10(17-2)12(19-4)11(6-9)18-3/h5-6,8,14H,7H2,1-4H3,(H,15,16). The lowest BCUT2D eigenvalue weighted by Gasteiger charge is -2.15. The number of rotatable bonds is 7. The summed E-state index contributed by atoms with van der Waals surface area (Å²) in [5.74, 6) is 0.209. The summed E-state index contributed by atoms with van der Waals surface area (Å²) in [4.78, 5) is 10.8. The summed E-state index contributed by atoms with van der Waals surface area (Å²) < 4.78 is 15.6. The molecule has 0 radical (unpaired) electrons. The van der Waals surface area contributed by atoms with Crippen LogP contribution in [0.2, 0.25) is 0 Å². The number of ether oxygens (including phenoxy) is 3. The van der Waals surface area contributed by atoms with Gasteiger partial charge >= 0.3 is 5.97 Å². The normalized spacial score (nSPS) is 11.6. The fourth-order valence-electron chi connectivity index (χ4n) is 1.54. The van der Waals surface area contributed by atoms with E-state index in [-0.39, 0.29) is 0 Å². The molecular formula is C13H19NO5. The van der Waals surface area contributed by atoms with E-state index < -0.39 is 11.9 Å². The number of carboxylic acids is 1. The number of nitrogens with one attached hydrogen (secondary N) is 1. The Morgan fingerprint density at radius 3 is 2.11 bits per heavy atom. The monoisotopic (exact) mass is 269 g/mol. The van der Waals surface area contributed by atoms with E-state index >= 15 is 0 Å². The first kappa shape index (κ1) is 14.9. The minimum absolute atomic E-state index is 0.313. The van der Waals surface area contributed by atoms with Gasteiger partial charge in [-0.25, -0.2) is 0 Å². The average Bonchev–Trinajstić information content (AvgIpc) is 2.42. The van der Waals surface area contributed by atoms with Gasteiger partial charge in [-0.3, -0.25) is 4.79 Å². The van der Waals surface area contributed by atoms with Gasteiger partial charge in [0.2, 0.25) is 5.75 Å². The Bertz CT molecular complexity index is 422. The number of hydrogen-bond acceptors (Lipinski definition) is 5. The second-order valence-electron chi connectivity index (χ2n) is 4.03. The Kier molecular flexibility index (Phi) is 5.29. The molecule has 0 aliphatic rings. The molecule has 6 heteroatoms. The molecule has 1 aromatic carbocycles. The Labute approximate surface area is 112 Å². The van der Waals surface area contributed by atoms with Crippen molar-refractivity contribution in [1.29, 1.82) is 0 Å². The van der Waals surface area contributed by atoms with Crippen LogP contribution >= 0.6 is 0 Å². The summed E-state index contributed by atoms with van der Waals surface area (Å²) in [6.45, 7) is 1.95. The largest absolute Gasteiger partial charge is 0.493 e. The molecule has 1 aromatic rings. The summed E-state index contributed by atoms with van der Waals surface area (Å²) in [6, 6.07) is 3.46. The molecule has 0 bridgehead atoms. The third kappa shape index (κ3) is 3.67. The van der Waals surface area contributed by atoms with Crippen LogP contribution in [0.25, 0.3) is 0 Å². The highest BCUT2D eigenvalue weighted by atomic mass is 16.5. The Balaban J connectivity index is 2.93. The summed E-state index contributed by atoms with van der Waals surface area (Å²) in [6.07, 6.45) is 0. The van der Waals surface area contributed by atoms with Crippen molar-refractivity contribution in [2.45, 2.75) is 6.92 Å². The number of carboxylic acid groups (broad SMARTS) is 1. The number of anilines is 1. The van der Waals surface area contributed by atoms with Gasteiger partial charge in [-0.05, 0) is 0 Å². The average molecular weight is 269 g/mol. The predicted molar refractivity (Wildman–Crippen MR) is 71.4 cm³/mol. The van der Waals surface area contributed by atoms with Crippen LogP contribution in [-0.2, 0) is 4.79 Å². The second kappa shape index (κ2) is 6.72. The Morgan fingerprint density at radius 1 is 1.21 bits per heavy atom. The maximum absolute atomic E-state index is 10.8. The van der Waals surface area contributed by atoms with Crippen LogP contribution in [0.4, 0.5) is 5.69 Å². The zero-order chi connectivity index (χ0) is 14.4. The number of benzene rings is 1. The summed E-state index contributed by atoms with van der Waals surface area (Å²) in [5, 5.41) is 11.9. The molecular weight excluding hydrogens is 250 g/mol. The van der Waals surface area contributed by atoms with Gasteiger partial charge in [0.15, 0.2) is 11.5 Å². The molecule has 0 spiro atoms. The first-order valence-electron chi connectivity index (χ1n) is 5.80. The van der Waals surface area contributed by atoms with E-state index in [0.717, 1.165) is 0 Å². The van der Waals surface area contributed by atoms with Crippen molar-refractivity contribution in [3.05, 3.63) is 12.1 Å². The molecule has 106 valence electrons. The van der Waals surface area contributed by atoms with Gasteiger partial charge in [0.25, 0.3) is 0 Å². The molecule has 1 atom stereocenters. The zero-order valence-corrected chi connectivity index (χ0v) is 11.5. The topological polar surface area (TPSA) is 77.0 Å². The van der Waals surface area contributed by atoms with Gasteiger partial charge in [0.05, 0.1) is 27.2 Å². The molecule has 0 amide bonds. The van der Waals surface area contributed by atoms with Gasteiger partial charge in [0.1, 0.15) is 0 Å². The molecule has 0 aliphatic carbocycles. The lowest BCUT2D eigenvalue weighted by molar-refractivity contribution is -0.140. The molecule has 0 saturated heterocycles. The van der Waals surface area contributed by atoms with Gasteiger partial charge in [0, 0.05) is 24.4 Å². The fraction of sp³-hybridized carbons (Fsp3) is 0.462. The lowest BCUT2D eigenvalue weighted by atomic mass is 10.2. The van der Waals surface area contributed by atoms with E-state index in [0.29, 0.717) is 29.5 Å². The smallest absolute Gasteiger partial charge is 0.308 e. The highest BCUT2D eigenvalue weighted by Crippen LogP contribution is 2.39. The molecule has 1 unspecified atom stereocenters. The van der Waals surface area contributed by atoms with E-state index in [9.17, 15) is 4.79 Å². The fourth-order valence-corrected chi connectivity index (χ4v) is 1.54. The van der Waals surface area contributed by atoms with Crippen LogP contribution in [0.1, 0.15) is 6.92 Å². The molecule has 1 rings (SSSR count). The van der Waals surface area contributed by atoms with Crippen LogP contribution in [0.5, 0.6) is 17.2 Å². The van der Waals surface area contributed by atoms with Crippen molar-refractivity contribution in [3.8, 4) is 17.2 Å². The molecule has 0 fully saturated rings. The van der Waals surface area contributed by atoms with Crippen LogP contribution < -0.4 is 19.5 Å². The highest BCUT2D eigenvalue weighted by molar-refractivity contribution is 5.70. The summed E-state index contributed by atoms with van der Waals surface area (Å²) in [5.41, 5.74) is 0.711. The first-order valence-corrected chi connectivity index (χ1v) is 5.80. The van der Waals surface area contributed by atoms with Crippen molar-refractivity contribution < 1.29 is 24.1 Å². The van der Waals surface area contributed by atoms with Crippen molar-refractivity contribution in [2.75, 3.05) is 33.2 Å². The second-order valence-corrected chi connectivity index (χ2v) is 4.03. The van der Waals surface area contributed by atoms with Gasteiger partial charge < -0.3 is 24.6 Å². The van der Waals surface area contributed by atoms with Crippen LogP contribution in [0, 0.1) is 5.92 Å². The molecule has 0 saturated carbocycles. The number of carbonyl (C=O) groups is 1. The third-order valence-corrected chi connectivity index (χ3v) is 2.70. The minimum atomic E-state index is -0.847. The maximum atomic E-state index is 10.8. The van der Waals surface area contributed by atoms with E-state index in [2.05, 4.69) is 5.32 Å². The zero-order valence-electron chi connectivity index (χ0n) is 11.5. The van der Waals surface area contributed by atoms with Crippen LogP contribution in [-0.4, -0.2) is 38.9 Å². The molecule has 0 aromatic heterocycles. The van der Waals surface area contributed by atoms with Crippen molar-refractivity contribution in [1.82, 2.24) is 0 Å². The number of aliphatic carboxylic acids is 1. The van der Waals surface area contributed by atoms with E-state index in [1.165, 1.54) is 21.3 Å². The highest BCUT2D eigenvalue weighted by Gasteiger charge is 2.15. The predicted octanol–water partition coefficient (Wildman–Crippen LogP) is 1.84. The quantitative estimate of drug-likeness (QED) is 0.786. The molecule has 0 heterocycles. The SMILES string of the molecule is COc1cc(NCC(C)C(=O)O)cc(OC)c1OC. The van der Waals surface area contributed by atoms with E-state index in [1.807, 2.05) is 0 Å². The van der Waals surface area contributed by atoms with Gasteiger partial charge in [-0.2, -0.15) is 0 Å². The summed E-state index contributed by atoms with van der Waals surface area (Å²) in [7, 11) is 4.59. The van der Waals surface area contributed by atoms with Crippen LogP contribution in [0.3, 0.4) is 0 Å². The molecule has 19 heavy (non-hydrogen) atoms. The number of methoxy groups -OCH3 is 3. The van der Waals surface area contributed by atoms with E-state index in [4.69, 9.17) is 19.3 Å². The molecule has 0 aliphatic heterocycles. The van der Waals surface area contributed by atoms with Gasteiger partial charge in [-0.15, -0.1) is 0 Å². The summed E-state index contributed by atoms with van der Waals surface area (Å²) >= 11 is 0.